The van der Waals surface area contributed by atoms with E-state index in [-0.39, 0.29) is 5.78 Å². The molecule has 0 fully saturated rings. The van der Waals surface area contributed by atoms with Crippen molar-refractivity contribution in [3.05, 3.63) is 47.8 Å². The summed E-state index contributed by atoms with van der Waals surface area (Å²) in [5.41, 5.74) is 1.47. The predicted molar refractivity (Wildman–Crippen MR) is 93.3 cm³/mol. The number of carbonyl (C=O) groups is 1. The van der Waals surface area contributed by atoms with E-state index in [0.29, 0.717) is 39.6 Å². The number of hydrogen-bond donors (Lipinski definition) is 2. The zero-order valence-electron chi connectivity index (χ0n) is 13.6. The number of H-pyrrole nitrogens is 2. The molecule has 0 spiro atoms. The third kappa shape index (κ3) is 3.40. The number of Topliss-reactive ketones (excluding diaryl/α,β-unsaturated/α-hetero) is 1. The molecule has 4 rings (SSSR count). The number of benzene rings is 1. The predicted octanol–water partition coefficient (Wildman–Crippen LogP) is 2.74. The average molecular weight is 367 g/mol. The maximum absolute atomic E-state index is 11.5. The van der Waals surface area contributed by atoms with Crippen LogP contribution in [0.1, 0.15) is 23.1 Å². The largest absolute Gasteiger partial charge is 0.453 e. The topological polar surface area (TPSA) is 126 Å². The van der Waals surface area contributed by atoms with E-state index in [1.165, 1.54) is 18.7 Å². The van der Waals surface area contributed by atoms with Gasteiger partial charge in [0.2, 0.25) is 5.16 Å². The second-order valence-corrected chi connectivity index (χ2v) is 6.33. The van der Waals surface area contributed by atoms with Crippen LogP contribution in [-0.2, 0) is 5.75 Å². The van der Waals surface area contributed by atoms with Gasteiger partial charge in [-0.1, -0.05) is 35.2 Å². The molecule has 0 amide bonds. The number of rotatable bonds is 6. The molecule has 0 aliphatic heterocycles. The summed E-state index contributed by atoms with van der Waals surface area (Å²) in [4.78, 5) is 15.9. The van der Waals surface area contributed by atoms with Gasteiger partial charge in [-0.2, -0.15) is 10.2 Å². The number of thioether (sulfide) groups is 1. The molecule has 1 aromatic carbocycles. The van der Waals surface area contributed by atoms with Crippen molar-refractivity contribution < 1.29 is 9.21 Å². The van der Waals surface area contributed by atoms with Crippen LogP contribution < -0.4 is 0 Å². The van der Waals surface area contributed by atoms with Gasteiger partial charge in [-0.15, -0.1) is 15.3 Å². The molecule has 0 aliphatic carbocycles. The minimum Gasteiger partial charge on any atom is -0.453 e. The Morgan fingerprint density at radius 3 is 2.88 bits per heavy atom. The summed E-state index contributed by atoms with van der Waals surface area (Å²) in [5.74, 6) is 2.83. The zero-order chi connectivity index (χ0) is 17.9. The van der Waals surface area contributed by atoms with E-state index >= 15 is 0 Å². The highest BCUT2D eigenvalue weighted by atomic mass is 32.2. The number of tetrazole rings is 1. The van der Waals surface area contributed by atoms with Crippen molar-refractivity contribution in [2.75, 3.05) is 0 Å². The molecule has 9 nitrogen and oxygen atoms in total. The smallest absolute Gasteiger partial charge is 0.209 e. The number of carbonyl (C=O) groups excluding carboxylic acids is 1. The Labute approximate surface area is 151 Å². The first-order valence-corrected chi connectivity index (χ1v) is 8.67. The van der Waals surface area contributed by atoms with E-state index in [9.17, 15) is 4.79 Å². The van der Waals surface area contributed by atoms with Gasteiger partial charge in [-0.05, 0) is 25.1 Å². The number of furan rings is 1. The highest BCUT2D eigenvalue weighted by Crippen LogP contribution is 2.28. The summed E-state index contributed by atoms with van der Waals surface area (Å²) in [7, 11) is 0. The van der Waals surface area contributed by atoms with Crippen molar-refractivity contribution in [2.45, 2.75) is 17.8 Å². The minimum atomic E-state index is 0.0112. The lowest BCUT2D eigenvalue weighted by Gasteiger charge is -1.99. The molecular formula is C16H13N7O2S. The molecule has 130 valence electrons. The summed E-state index contributed by atoms with van der Waals surface area (Å²) in [6.07, 6.45) is 0. The number of nitrogens with zero attached hydrogens (tertiary/aromatic N) is 5. The van der Waals surface area contributed by atoms with Gasteiger partial charge in [0.1, 0.15) is 5.76 Å². The number of hydrogen-bond acceptors (Lipinski definition) is 8. The molecule has 3 aromatic heterocycles. The van der Waals surface area contributed by atoms with Gasteiger partial charge in [0, 0.05) is 11.1 Å². The van der Waals surface area contributed by atoms with Crippen LogP contribution in [0.2, 0.25) is 0 Å². The van der Waals surface area contributed by atoms with E-state index in [0.717, 1.165) is 5.56 Å². The molecule has 0 unspecified atom stereocenters. The Morgan fingerprint density at radius 1 is 1.19 bits per heavy atom. The van der Waals surface area contributed by atoms with Crippen LogP contribution in [0.15, 0.2) is 46.0 Å². The first kappa shape index (κ1) is 16.2. The van der Waals surface area contributed by atoms with Gasteiger partial charge in [0.05, 0.1) is 5.75 Å². The first-order valence-electron chi connectivity index (χ1n) is 7.68. The monoisotopic (exact) mass is 367 g/mol. The van der Waals surface area contributed by atoms with Gasteiger partial charge in [0.15, 0.2) is 23.2 Å². The lowest BCUT2D eigenvalue weighted by molar-refractivity contribution is 0.101. The van der Waals surface area contributed by atoms with E-state index in [2.05, 4.69) is 35.8 Å². The molecule has 2 N–H and O–H groups in total. The quantitative estimate of drug-likeness (QED) is 0.393. The molecule has 0 saturated heterocycles. The molecule has 4 aromatic rings. The molecule has 0 aliphatic rings. The molecule has 0 bridgehead atoms. The van der Waals surface area contributed by atoms with Crippen LogP contribution in [0.3, 0.4) is 0 Å². The van der Waals surface area contributed by atoms with Gasteiger partial charge in [0.25, 0.3) is 0 Å². The van der Waals surface area contributed by atoms with Crippen LogP contribution in [0, 0.1) is 0 Å². The summed E-state index contributed by atoms with van der Waals surface area (Å²) >= 11 is 1.38. The number of nitrogens with one attached hydrogen (secondary N) is 2. The SMILES string of the molecule is CC(=O)c1cccc(-c2ccc(-c3nc(SCc4nn[nH]n4)n[nH]3)o2)c1. The number of aromatic amines is 2. The van der Waals surface area contributed by atoms with Crippen molar-refractivity contribution >= 4 is 17.5 Å². The Balaban J connectivity index is 1.51. The summed E-state index contributed by atoms with van der Waals surface area (Å²) in [5, 5.41) is 21.2. The van der Waals surface area contributed by atoms with E-state index in [1.54, 1.807) is 12.1 Å². The minimum absolute atomic E-state index is 0.0112. The van der Waals surface area contributed by atoms with Gasteiger partial charge in [-0.25, -0.2) is 0 Å². The average Bonchev–Trinajstić information content (AvgIpc) is 3.40. The number of ketones is 1. The van der Waals surface area contributed by atoms with Crippen LogP contribution in [0.25, 0.3) is 22.9 Å². The van der Waals surface area contributed by atoms with E-state index in [1.807, 2.05) is 24.3 Å². The fourth-order valence-electron chi connectivity index (χ4n) is 2.31. The maximum atomic E-state index is 11.5. The standard InChI is InChI=1S/C16H13N7O2S/c1-9(24)10-3-2-4-11(7-10)12-5-6-13(25-12)15-17-16(21-20-15)26-8-14-18-22-23-19-14/h2-7H,8H2,1H3,(H,17,20,21)(H,18,19,22,23). The molecule has 3 heterocycles. The summed E-state index contributed by atoms with van der Waals surface area (Å²) in [6.45, 7) is 1.54. The molecular weight excluding hydrogens is 354 g/mol. The van der Waals surface area contributed by atoms with Gasteiger partial charge in [-0.3, -0.25) is 9.89 Å². The Bertz CT molecular complexity index is 1040. The highest BCUT2D eigenvalue weighted by Gasteiger charge is 2.13. The zero-order valence-corrected chi connectivity index (χ0v) is 14.4. The van der Waals surface area contributed by atoms with Crippen LogP contribution in [-0.4, -0.2) is 41.6 Å². The Hall–Kier alpha value is -3.27. The van der Waals surface area contributed by atoms with Crippen LogP contribution in [0.5, 0.6) is 0 Å². The third-order valence-corrected chi connectivity index (χ3v) is 4.42. The van der Waals surface area contributed by atoms with E-state index in [4.69, 9.17) is 4.42 Å². The van der Waals surface area contributed by atoms with Crippen molar-refractivity contribution in [1.82, 2.24) is 35.8 Å². The van der Waals surface area contributed by atoms with E-state index < -0.39 is 0 Å². The van der Waals surface area contributed by atoms with Crippen molar-refractivity contribution in [3.8, 4) is 22.9 Å². The summed E-state index contributed by atoms with van der Waals surface area (Å²) < 4.78 is 5.86. The molecule has 0 saturated carbocycles. The normalized spacial score (nSPS) is 11.0. The molecule has 10 heteroatoms. The van der Waals surface area contributed by atoms with Gasteiger partial charge >= 0.3 is 0 Å². The lowest BCUT2D eigenvalue weighted by atomic mass is 10.1. The lowest BCUT2D eigenvalue weighted by Crippen LogP contribution is -1.91. The first-order chi connectivity index (χ1) is 12.7. The Morgan fingerprint density at radius 2 is 2.08 bits per heavy atom. The van der Waals surface area contributed by atoms with Crippen LogP contribution in [0.4, 0.5) is 0 Å². The van der Waals surface area contributed by atoms with Crippen molar-refractivity contribution in [2.24, 2.45) is 0 Å². The molecule has 0 atom stereocenters. The Kier molecular flexibility index (Phi) is 4.32. The fourth-order valence-corrected chi connectivity index (χ4v) is 2.95. The highest BCUT2D eigenvalue weighted by molar-refractivity contribution is 7.98. The third-order valence-electron chi connectivity index (χ3n) is 3.58. The van der Waals surface area contributed by atoms with Gasteiger partial charge < -0.3 is 4.42 Å². The number of aromatic nitrogens is 7. The van der Waals surface area contributed by atoms with Crippen molar-refractivity contribution in [3.63, 3.8) is 0 Å². The second-order valence-electron chi connectivity index (χ2n) is 5.38. The maximum Gasteiger partial charge on any atom is 0.209 e. The van der Waals surface area contributed by atoms with Crippen LogP contribution >= 0.6 is 11.8 Å². The second kappa shape index (κ2) is 6.92. The van der Waals surface area contributed by atoms with Crippen molar-refractivity contribution in [1.29, 1.82) is 0 Å². The summed E-state index contributed by atoms with van der Waals surface area (Å²) in [6, 6.07) is 10.9. The molecule has 0 radical (unpaired) electrons. The fraction of sp³-hybridized carbons (Fsp3) is 0.125. The molecule has 26 heavy (non-hydrogen) atoms.